The summed E-state index contributed by atoms with van der Waals surface area (Å²) in [5.74, 6) is 1.91. The quantitative estimate of drug-likeness (QED) is 0.789. The maximum absolute atomic E-state index is 5.88. The normalized spacial score (nSPS) is 10.9. The van der Waals surface area contributed by atoms with Crippen molar-refractivity contribution in [2.75, 3.05) is 0 Å². The maximum Gasteiger partial charge on any atom is 0.246 e. The molecule has 0 aliphatic heterocycles. The van der Waals surface area contributed by atoms with Gasteiger partial charge in [-0.15, -0.1) is 10.2 Å². The smallest absolute Gasteiger partial charge is 0.246 e. The van der Waals surface area contributed by atoms with Crippen LogP contribution in [-0.2, 0) is 13.0 Å². The molecule has 0 bridgehead atoms. The first kappa shape index (κ1) is 10.1. The fraction of sp³-hybridized carbons (Fsp3) is 0.500. The van der Waals surface area contributed by atoms with E-state index in [0.717, 1.165) is 12.2 Å². The second kappa shape index (κ2) is 3.98. The summed E-state index contributed by atoms with van der Waals surface area (Å²) in [4.78, 5) is 4.09. The standard InChI is InChI=1S/C8H10ClN5O/c1-3-6-11-12-8(9)14(6)4-7-10-5(2)13-15-7/h3-4H2,1-2H3. The number of aryl methyl sites for hydroxylation is 2. The van der Waals surface area contributed by atoms with Gasteiger partial charge in [0.2, 0.25) is 11.2 Å². The van der Waals surface area contributed by atoms with Crippen molar-refractivity contribution in [1.29, 1.82) is 0 Å². The summed E-state index contributed by atoms with van der Waals surface area (Å²) in [5.41, 5.74) is 0. The van der Waals surface area contributed by atoms with E-state index in [9.17, 15) is 0 Å². The highest BCUT2D eigenvalue weighted by Gasteiger charge is 2.12. The first-order valence-electron chi connectivity index (χ1n) is 4.57. The van der Waals surface area contributed by atoms with Crippen molar-refractivity contribution in [2.24, 2.45) is 0 Å². The highest BCUT2D eigenvalue weighted by Crippen LogP contribution is 2.11. The van der Waals surface area contributed by atoms with Crippen LogP contribution in [0, 0.1) is 6.92 Å². The summed E-state index contributed by atoms with van der Waals surface area (Å²) in [7, 11) is 0. The van der Waals surface area contributed by atoms with Crippen molar-refractivity contribution in [3.63, 3.8) is 0 Å². The number of halogens is 1. The van der Waals surface area contributed by atoms with Crippen LogP contribution in [-0.4, -0.2) is 24.9 Å². The SMILES string of the molecule is CCc1nnc(Cl)n1Cc1nc(C)no1. The third kappa shape index (κ3) is 1.99. The molecular formula is C8H10ClN5O. The lowest BCUT2D eigenvalue weighted by Gasteiger charge is -2.01. The molecule has 0 saturated heterocycles. The molecular weight excluding hydrogens is 218 g/mol. The largest absolute Gasteiger partial charge is 0.337 e. The van der Waals surface area contributed by atoms with Gasteiger partial charge in [-0.3, -0.25) is 4.57 Å². The second-order valence-electron chi connectivity index (χ2n) is 3.06. The topological polar surface area (TPSA) is 69.6 Å². The van der Waals surface area contributed by atoms with Crippen LogP contribution in [0.5, 0.6) is 0 Å². The molecule has 2 heterocycles. The minimum Gasteiger partial charge on any atom is -0.337 e. The summed E-state index contributed by atoms with van der Waals surface area (Å²) in [6, 6.07) is 0. The summed E-state index contributed by atoms with van der Waals surface area (Å²) < 4.78 is 6.74. The first-order valence-corrected chi connectivity index (χ1v) is 4.95. The van der Waals surface area contributed by atoms with Gasteiger partial charge in [-0.1, -0.05) is 12.1 Å². The molecule has 2 rings (SSSR count). The van der Waals surface area contributed by atoms with Crippen LogP contribution >= 0.6 is 11.6 Å². The Kier molecular flexibility index (Phi) is 2.68. The minimum absolute atomic E-state index is 0.336. The van der Waals surface area contributed by atoms with Gasteiger partial charge in [0.25, 0.3) is 0 Å². The lowest BCUT2D eigenvalue weighted by atomic mass is 10.4. The van der Waals surface area contributed by atoms with Gasteiger partial charge in [-0.25, -0.2) is 0 Å². The average molecular weight is 228 g/mol. The number of hydrogen-bond acceptors (Lipinski definition) is 5. The molecule has 0 fully saturated rings. The molecule has 6 nitrogen and oxygen atoms in total. The lowest BCUT2D eigenvalue weighted by molar-refractivity contribution is 0.366. The van der Waals surface area contributed by atoms with Gasteiger partial charge in [0.1, 0.15) is 12.4 Å². The minimum atomic E-state index is 0.336. The van der Waals surface area contributed by atoms with Crippen molar-refractivity contribution in [1.82, 2.24) is 24.9 Å². The van der Waals surface area contributed by atoms with E-state index in [1.54, 1.807) is 11.5 Å². The summed E-state index contributed by atoms with van der Waals surface area (Å²) in [5, 5.41) is 11.7. The monoisotopic (exact) mass is 227 g/mol. The lowest BCUT2D eigenvalue weighted by Crippen LogP contribution is -2.05. The molecule has 0 unspecified atom stereocenters. The van der Waals surface area contributed by atoms with Crippen molar-refractivity contribution < 1.29 is 4.52 Å². The molecule has 0 saturated carbocycles. The van der Waals surface area contributed by atoms with Crippen LogP contribution in [0.15, 0.2) is 4.52 Å². The molecule has 0 atom stereocenters. The number of aromatic nitrogens is 5. The van der Waals surface area contributed by atoms with E-state index in [1.807, 2.05) is 6.92 Å². The van der Waals surface area contributed by atoms with Crippen molar-refractivity contribution >= 4 is 11.6 Å². The van der Waals surface area contributed by atoms with Crippen LogP contribution in [0.4, 0.5) is 0 Å². The molecule has 0 aromatic carbocycles. The Morgan fingerprint density at radius 1 is 1.40 bits per heavy atom. The molecule has 15 heavy (non-hydrogen) atoms. The molecule has 0 spiro atoms. The van der Waals surface area contributed by atoms with Crippen LogP contribution in [0.3, 0.4) is 0 Å². The van der Waals surface area contributed by atoms with E-state index in [-0.39, 0.29) is 0 Å². The predicted octanol–water partition coefficient (Wildman–Crippen LogP) is 1.23. The van der Waals surface area contributed by atoms with E-state index < -0.39 is 0 Å². The van der Waals surface area contributed by atoms with Crippen molar-refractivity contribution in [3.8, 4) is 0 Å². The molecule has 0 aliphatic rings. The van der Waals surface area contributed by atoms with Gasteiger partial charge in [0.15, 0.2) is 5.82 Å². The second-order valence-corrected chi connectivity index (χ2v) is 3.40. The maximum atomic E-state index is 5.88. The Labute approximate surface area is 91.3 Å². The van der Waals surface area contributed by atoms with Crippen LogP contribution in [0.2, 0.25) is 5.28 Å². The number of nitrogens with zero attached hydrogens (tertiary/aromatic N) is 5. The number of hydrogen-bond donors (Lipinski definition) is 0. The molecule has 7 heteroatoms. The third-order valence-electron chi connectivity index (χ3n) is 1.96. The fourth-order valence-corrected chi connectivity index (χ4v) is 1.47. The zero-order valence-electron chi connectivity index (χ0n) is 8.44. The Morgan fingerprint density at radius 3 is 2.80 bits per heavy atom. The fourth-order valence-electron chi connectivity index (χ4n) is 1.27. The third-order valence-corrected chi connectivity index (χ3v) is 2.24. The summed E-state index contributed by atoms with van der Waals surface area (Å²) >= 11 is 5.88. The molecule has 0 radical (unpaired) electrons. The molecule has 2 aromatic rings. The van der Waals surface area contributed by atoms with Gasteiger partial charge in [0, 0.05) is 6.42 Å². The van der Waals surface area contributed by atoms with E-state index in [4.69, 9.17) is 16.1 Å². The van der Waals surface area contributed by atoms with Gasteiger partial charge >= 0.3 is 0 Å². The Balaban J connectivity index is 2.26. The van der Waals surface area contributed by atoms with Crippen molar-refractivity contribution in [2.45, 2.75) is 26.8 Å². The van der Waals surface area contributed by atoms with Gasteiger partial charge in [-0.05, 0) is 18.5 Å². The highest BCUT2D eigenvalue weighted by molar-refractivity contribution is 6.28. The van der Waals surface area contributed by atoms with Crippen LogP contribution < -0.4 is 0 Å². The predicted molar refractivity (Wildman–Crippen MR) is 52.5 cm³/mol. The van der Waals surface area contributed by atoms with Crippen molar-refractivity contribution in [3.05, 3.63) is 22.8 Å². The molecule has 0 aliphatic carbocycles. The van der Waals surface area contributed by atoms with E-state index in [1.165, 1.54) is 0 Å². The molecule has 0 N–H and O–H groups in total. The summed E-state index contributed by atoms with van der Waals surface area (Å²) in [6.07, 6.45) is 0.757. The van der Waals surface area contributed by atoms with Gasteiger partial charge in [0.05, 0.1) is 0 Å². The van der Waals surface area contributed by atoms with Gasteiger partial charge in [-0.2, -0.15) is 4.98 Å². The van der Waals surface area contributed by atoms with Gasteiger partial charge < -0.3 is 4.52 Å². The Morgan fingerprint density at radius 2 is 2.20 bits per heavy atom. The van der Waals surface area contributed by atoms with E-state index >= 15 is 0 Å². The van der Waals surface area contributed by atoms with Crippen LogP contribution in [0.25, 0.3) is 0 Å². The van der Waals surface area contributed by atoms with E-state index in [0.29, 0.717) is 23.5 Å². The van der Waals surface area contributed by atoms with E-state index in [2.05, 4.69) is 20.3 Å². The zero-order valence-corrected chi connectivity index (χ0v) is 9.19. The first-order chi connectivity index (χ1) is 7.20. The Bertz CT molecular complexity index is 463. The zero-order chi connectivity index (χ0) is 10.8. The highest BCUT2D eigenvalue weighted by atomic mass is 35.5. The van der Waals surface area contributed by atoms with Crippen LogP contribution in [0.1, 0.15) is 24.5 Å². The molecule has 0 amide bonds. The average Bonchev–Trinajstić information content (AvgIpc) is 2.76. The Hall–Kier alpha value is -1.43. The summed E-state index contributed by atoms with van der Waals surface area (Å²) in [6.45, 7) is 4.16. The molecule has 2 aromatic heterocycles. The number of rotatable bonds is 3. The molecule has 80 valence electrons.